The number of hydrogen-bond acceptors (Lipinski definition) is 4. The van der Waals surface area contributed by atoms with Gasteiger partial charge in [-0.25, -0.2) is 9.97 Å². The second kappa shape index (κ2) is 7.22. The van der Waals surface area contributed by atoms with Gasteiger partial charge < -0.3 is 15.8 Å². The normalized spacial score (nSPS) is 20.3. The van der Waals surface area contributed by atoms with Gasteiger partial charge in [0, 0.05) is 17.7 Å². The number of imidazole rings is 1. The highest BCUT2D eigenvalue weighted by Gasteiger charge is 2.31. The molecule has 1 fully saturated rings. The van der Waals surface area contributed by atoms with E-state index < -0.39 is 5.60 Å². The van der Waals surface area contributed by atoms with E-state index in [9.17, 15) is 5.11 Å². The molecule has 1 aliphatic carbocycles. The van der Waals surface area contributed by atoms with E-state index in [2.05, 4.69) is 20.4 Å². The molecule has 0 saturated heterocycles. The Kier molecular flexibility index (Phi) is 4.64. The van der Waals surface area contributed by atoms with Gasteiger partial charge in [0.05, 0.1) is 28.5 Å². The fourth-order valence-electron chi connectivity index (χ4n) is 4.91. The quantitative estimate of drug-likeness (QED) is 0.473. The first-order valence-corrected chi connectivity index (χ1v) is 10.8. The van der Waals surface area contributed by atoms with Crippen molar-refractivity contribution in [2.45, 2.75) is 51.0 Å². The fourth-order valence-corrected chi connectivity index (χ4v) is 4.91. The van der Waals surface area contributed by atoms with Gasteiger partial charge in [0.1, 0.15) is 5.82 Å². The maximum atomic E-state index is 10.3. The highest BCUT2D eigenvalue weighted by Crippen LogP contribution is 2.40. The Balaban J connectivity index is 1.72. The summed E-state index contributed by atoms with van der Waals surface area (Å²) < 4.78 is 2.27. The smallest absolute Gasteiger partial charge is 0.154 e. The molecule has 0 radical (unpaired) electrons. The van der Waals surface area contributed by atoms with Gasteiger partial charge in [0.25, 0.3) is 0 Å². The number of aromatic nitrogens is 4. The molecule has 4 N–H and O–H groups in total. The van der Waals surface area contributed by atoms with Crippen LogP contribution in [0.4, 0.5) is 0 Å². The first-order chi connectivity index (χ1) is 14.5. The summed E-state index contributed by atoms with van der Waals surface area (Å²) in [5, 5.41) is 10.3. The number of aliphatic hydroxyl groups is 1. The summed E-state index contributed by atoms with van der Waals surface area (Å²) in [6, 6.07) is 10.1. The topological polar surface area (TPSA) is 92.2 Å². The predicted octanol–water partition coefficient (Wildman–Crippen LogP) is 4.34. The summed E-state index contributed by atoms with van der Waals surface area (Å²) in [5.74, 6) is 1.90. The van der Waals surface area contributed by atoms with Crippen LogP contribution in [0.3, 0.4) is 0 Å². The number of fused-ring (bicyclic) bond motifs is 3. The lowest BCUT2D eigenvalue weighted by Gasteiger charge is -2.29. The van der Waals surface area contributed by atoms with Gasteiger partial charge in [-0.2, -0.15) is 0 Å². The third-order valence-corrected chi connectivity index (χ3v) is 6.61. The van der Waals surface area contributed by atoms with Crippen LogP contribution >= 0.6 is 0 Å². The summed E-state index contributed by atoms with van der Waals surface area (Å²) in [4.78, 5) is 13.1. The largest absolute Gasteiger partial charge is 0.386 e. The van der Waals surface area contributed by atoms with Gasteiger partial charge in [-0.05, 0) is 50.8 Å². The molecule has 30 heavy (non-hydrogen) atoms. The van der Waals surface area contributed by atoms with Gasteiger partial charge in [0.2, 0.25) is 0 Å². The Bertz CT molecular complexity index is 1180. The van der Waals surface area contributed by atoms with Crippen molar-refractivity contribution >= 4 is 16.7 Å². The van der Waals surface area contributed by atoms with Crippen LogP contribution in [0.25, 0.3) is 27.9 Å². The molecule has 0 aliphatic heterocycles. The van der Waals surface area contributed by atoms with Crippen molar-refractivity contribution in [2.75, 3.05) is 6.54 Å². The van der Waals surface area contributed by atoms with E-state index in [1.807, 2.05) is 36.7 Å². The van der Waals surface area contributed by atoms with Crippen molar-refractivity contribution in [3.05, 3.63) is 54.1 Å². The number of hydrogen-bond donors (Lipinski definition) is 3. The molecule has 0 amide bonds. The molecule has 5 rings (SSSR count). The van der Waals surface area contributed by atoms with Crippen LogP contribution in [0.15, 0.2) is 42.7 Å². The minimum absolute atomic E-state index is 0.348. The Morgan fingerprint density at radius 3 is 2.63 bits per heavy atom. The average Bonchev–Trinajstić information content (AvgIpc) is 3.37. The number of H-pyrrole nitrogens is 1. The van der Waals surface area contributed by atoms with Crippen LogP contribution in [-0.2, 0) is 5.60 Å². The monoisotopic (exact) mass is 403 g/mol. The van der Waals surface area contributed by atoms with Gasteiger partial charge in [0.15, 0.2) is 5.65 Å². The van der Waals surface area contributed by atoms with Crippen LogP contribution in [0.1, 0.15) is 56.8 Å². The summed E-state index contributed by atoms with van der Waals surface area (Å²) in [6.07, 6.45) is 8.58. The van der Waals surface area contributed by atoms with Crippen LogP contribution in [-0.4, -0.2) is 31.0 Å². The standard InChI is InChI=1S/C24H29N5O/c1-24(2,30)17-9-7-15(8-10-17)21-20-14-27-22-19(11-12-26-22)29(20)23(28-21)18-6-4-3-5-16(18)13-25/h7-12,14,16,18,26,30H,3-6,13,25H2,1-2H3/t16-,18+/m0/s1. The van der Waals surface area contributed by atoms with Crippen molar-refractivity contribution in [3.63, 3.8) is 0 Å². The molecule has 0 unspecified atom stereocenters. The highest BCUT2D eigenvalue weighted by atomic mass is 16.3. The lowest BCUT2D eigenvalue weighted by Crippen LogP contribution is -2.26. The first-order valence-electron chi connectivity index (χ1n) is 10.8. The molecular formula is C24H29N5O. The third kappa shape index (κ3) is 3.11. The number of benzene rings is 1. The summed E-state index contributed by atoms with van der Waals surface area (Å²) in [5.41, 5.74) is 11.1. The van der Waals surface area contributed by atoms with Crippen LogP contribution < -0.4 is 5.73 Å². The first kappa shape index (κ1) is 19.3. The summed E-state index contributed by atoms with van der Waals surface area (Å²) >= 11 is 0. The van der Waals surface area contributed by atoms with Gasteiger partial charge >= 0.3 is 0 Å². The summed E-state index contributed by atoms with van der Waals surface area (Å²) in [6.45, 7) is 4.29. The van der Waals surface area contributed by atoms with E-state index in [0.717, 1.165) is 52.2 Å². The minimum Gasteiger partial charge on any atom is -0.386 e. The molecule has 0 spiro atoms. The van der Waals surface area contributed by atoms with E-state index in [4.69, 9.17) is 10.7 Å². The van der Waals surface area contributed by atoms with E-state index >= 15 is 0 Å². The van der Waals surface area contributed by atoms with E-state index in [1.165, 1.54) is 12.8 Å². The van der Waals surface area contributed by atoms with E-state index in [1.54, 1.807) is 13.8 Å². The van der Waals surface area contributed by atoms with Crippen LogP contribution in [0.5, 0.6) is 0 Å². The highest BCUT2D eigenvalue weighted by molar-refractivity contribution is 5.84. The molecule has 3 aromatic heterocycles. The SMILES string of the molecule is CC(C)(O)c1ccc(-c2nc([C@@H]3CCCC[C@H]3CN)n3c2cnc2[nH]ccc23)cc1. The predicted molar refractivity (Wildman–Crippen MR) is 119 cm³/mol. The Morgan fingerprint density at radius 1 is 1.13 bits per heavy atom. The molecule has 1 saturated carbocycles. The Labute approximate surface area is 176 Å². The zero-order valence-electron chi connectivity index (χ0n) is 17.6. The minimum atomic E-state index is -0.866. The molecule has 6 heteroatoms. The van der Waals surface area contributed by atoms with Gasteiger partial charge in [-0.15, -0.1) is 0 Å². The number of aromatic amines is 1. The Hall–Kier alpha value is -2.70. The third-order valence-electron chi connectivity index (χ3n) is 6.61. The molecule has 0 bridgehead atoms. The Morgan fingerprint density at radius 2 is 1.90 bits per heavy atom. The molecule has 1 aliphatic rings. The van der Waals surface area contributed by atoms with Crippen molar-refractivity contribution in [1.82, 2.24) is 19.4 Å². The second-order valence-corrected chi connectivity index (χ2v) is 9.03. The molecule has 156 valence electrons. The van der Waals surface area contributed by atoms with Crippen molar-refractivity contribution < 1.29 is 5.11 Å². The lowest BCUT2D eigenvalue weighted by atomic mass is 9.79. The van der Waals surface area contributed by atoms with Crippen LogP contribution in [0.2, 0.25) is 0 Å². The van der Waals surface area contributed by atoms with Crippen molar-refractivity contribution in [2.24, 2.45) is 11.7 Å². The lowest BCUT2D eigenvalue weighted by molar-refractivity contribution is 0.0786. The number of nitrogens with zero attached hydrogens (tertiary/aromatic N) is 3. The van der Waals surface area contributed by atoms with Gasteiger partial charge in [-0.1, -0.05) is 37.1 Å². The molecule has 4 aromatic rings. The fraction of sp³-hybridized carbons (Fsp3) is 0.417. The molecule has 2 atom stereocenters. The maximum Gasteiger partial charge on any atom is 0.154 e. The molecular weight excluding hydrogens is 374 g/mol. The maximum absolute atomic E-state index is 10.3. The van der Waals surface area contributed by atoms with Gasteiger partial charge in [-0.3, -0.25) is 4.40 Å². The van der Waals surface area contributed by atoms with Crippen molar-refractivity contribution in [3.8, 4) is 11.3 Å². The van der Waals surface area contributed by atoms with Crippen LogP contribution in [0, 0.1) is 5.92 Å². The van der Waals surface area contributed by atoms with E-state index in [0.29, 0.717) is 18.4 Å². The molecule has 1 aromatic carbocycles. The summed E-state index contributed by atoms with van der Waals surface area (Å²) in [7, 11) is 0. The van der Waals surface area contributed by atoms with Crippen molar-refractivity contribution in [1.29, 1.82) is 0 Å². The molecule has 6 nitrogen and oxygen atoms in total. The second-order valence-electron chi connectivity index (χ2n) is 9.03. The number of nitrogens with one attached hydrogen (secondary N) is 1. The van der Waals surface area contributed by atoms with E-state index in [-0.39, 0.29) is 0 Å². The number of rotatable bonds is 4. The average molecular weight is 404 g/mol. The zero-order chi connectivity index (χ0) is 20.9. The number of nitrogens with two attached hydrogens (primary N) is 1. The molecule has 3 heterocycles. The zero-order valence-corrected chi connectivity index (χ0v) is 17.6.